The van der Waals surface area contributed by atoms with E-state index >= 15 is 0 Å². The zero-order chi connectivity index (χ0) is 9.68. The van der Waals surface area contributed by atoms with E-state index in [1.807, 2.05) is 0 Å². The molecule has 0 atom stereocenters. The Morgan fingerprint density at radius 2 is 2.07 bits per heavy atom. The number of nitrogens with one attached hydrogen (secondary N) is 1. The van der Waals surface area contributed by atoms with Crippen LogP contribution in [0.4, 0.5) is 0 Å². The number of rotatable bonds is 2. The molecule has 0 bridgehead atoms. The molecule has 0 fully saturated rings. The molecule has 0 saturated heterocycles. The normalized spacial score (nSPS) is 8.80. The first-order chi connectivity index (χ1) is 6.20. The maximum atomic E-state index is 9.29. The zero-order valence-corrected chi connectivity index (χ0v) is 9.33. The molecule has 0 aromatic heterocycles. The molecular weight excluding hydrogens is 266 g/mol. The number of hydrogen-bond donors (Lipinski definition) is 3. The average molecular weight is 277 g/mol. The molecule has 6 N–H and O–H groups in total. The number of aromatic hydroxyl groups is 1. The van der Waals surface area contributed by atoms with Crippen LogP contribution in [0.15, 0.2) is 29.4 Å². The van der Waals surface area contributed by atoms with Crippen molar-refractivity contribution in [3.63, 3.8) is 0 Å². The molecule has 0 aliphatic heterocycles. The number of hydrogen-bond acceptors (Lipinski definition) is 3. The summed E-state index contributed by atoms with van der Waals surface area (Å²) in [7, 11) is 0. The monoisotopic (exact) mass is 276 g/mol. The van der Waals surface area contributed by atoms with Crippen molar-refractivity contribution in [1.29, 1.82) is 0 Å². The number of hydrazone groups is 1. The first kappa shape index (κ1) is 16.3. The van der Waals surface area contributed by atoms with Crippen molar-refractivity contribution >= 4 is 23.5 Å². The van der Waals surface area contributed by atoms with Crippen LogP contribution in [0.25, 0.3) is 0 Å². The molecule has 1 aromatic rings. The Kier molecular flexibility index (Phi) is 8.90. The van der Waals surface area contributed by atoms with Crippen molar-refractivity contribution in [2.24, 2.45) is 10.8 Å². The summed E-state index contributed by atoms with van der Waals surface area (Å²) in [5, 5.41) is 13.1. The Morgan fingerprint density at radius 1 is 1.47 bits per heavy atom. The van der Waals surface area contributed by atoms with Crippen LogP contribution < -0.4 is 11.2 Å². The summed E-state index contributed by atoms with van der Waals surface area (Å²) in [6.45, 7) is 0. The third-order valence-electron chi connectivity index (χ3n) is 1.32. The third-order valence-corrected chi connectivity index (χ3v) is 1.41. The molecule has 5 nitrogen and oxygen atoms in total. The van der Waals surface area contributed by atoms with Crippen molar-refractivity contribution in [2.75, 3.05) is 0 Å². The first-order valence-corrected chi connectivity index (χ1v) is 3.97. The molecule has 0 amide bonds. The van der Waals surface area contributed by atoms with Crippen LogP contribution in [0.1, 0.15) is 5.56 Å². The fourth-order valence-electron chi connectivity index (χ4n) is 0.762. The Bertz CT molecular complexity index is 346. The van der Waals surface area contributed by atoms with E-state index in [2.05, 4.69) is 22.7 Å². The minimum absolute atomic E-state index is 0. The molecule has 0 aliphatic rings. The van der Waals surface area contributed by atoms with E-state index in [0.717, 1.165) is 0 Å². The number of nitrogens with zero attached hydrogens (tertiary/aromatic N) is 1. The Hall–Kier alpha value is -1.14. The fourth-order valence-corrected chi connectivity index (χ4v) is 0.815. The van der Waals surface area contributed by atoms with Crippen LogP contribution in [-0.2, 0) is 17.1 Å². The van der Waals surface area contributed by atoms with E-state index in [9.17, 15) is 5.11 Å². The van der Waals surface area contributed by atoms with Crippen LogP contribution >= 0.6 is 12.2 Å². The summed E-state index contributed by atoms with van der Waals surface area (Å²) in [4.78, 5) is 0. The largest absolute Gasteiger partial charge is 2.00 e. The van der Waals surface area contributed by atoms with Gasteiger partial charge >= 0.3 is 17.1 Å². The SMILES string of the molecule is NC(=S)N/N=C/c1ccccc1O.O.[Cu+2]. The van der Waals surface area contributed by atoms with E-state index in [-0.39, 0.29) is 33.4 Å². The van der Waals surface area contributed by atoms with E-state index in [0.29, 0.717) is 5.56 Å². The van der Waals surface area contributed by atoms with Gasteiger partial charge in [0.1, 0.15) is 5.75 Å². The van der Waals surface area contributed by atoms with Gasteiger partial charge in [0.25, 0.3) is 0 Å². The fraction of sp³-hybridized carbons (Fsp3) is 0. The van der Waals surface area contributed by atoms with Crippen LogP contribution in [0.3, 0.4) is 0 Å². The molecule has 0 saturated carbocycles. The summed E-state index contributed by atoms with van der Waals surface area (Å²) >= 11 is 4.53. The number of nitrogens with two attached hydrogens (primary N) is 1. The number of thiocarbonyl (C=S) groups is 1. The van der Waals surface area contributed by atoms with E-state index in [4.69, 9.17) is 5.73 Å². The second-order valence-corrected chi connectivity index (χ2v) is 2.73. The van der Waals surface area contributed by atoms with Crippen molar-refractivity contribution in [2.45, 2.75) is 0 Å². The van der Waals surface area contributed by atoms with Gasteiger partial charge in [-0.05, 0) is 24.4 Å². The van der Waals surface area contributed by atoms with Gasteiger partial charge in [-0.3, -0.25) is 5.43 Å². The number of benzene rings is 1. The summed E-state index contributed by atoms with van der Waals surface area (Å²) in [5.74, 6) is 0.163. The van der Waals surface area contributed by atoms with E-state index in [1.54, 1.807) is 24.3 Å². The van der Waals surface area contributed by atoms with Crippen molar-refractivity contribution in [1.82, 2.24) is 5.43 Å². The van der Waals surface area contributed by atoms with Gasteiger partial charge < -0.3 is 16.3 Å². The minimum atomic E-state index is 0. The molecule has 0 unspecified atom stereocenters. The van der Waals surface area contributed by atoms with E-state index < -0.39 is 0 Å². The third kappa shape index (κ3) is 6.03. The van der Waals surface area contributed by atoms with Crippen LogP contribution in [0.2, 0.25) is 0 Å². The molecule has 1 rings (SSSR count). The molecule has 0 aliphatic carbocycles. The summed E-state index contributed by atoms with van der Waals surface area (Å²) in [6, 6.07) is 6.82. The maximum Gasteiger partial charge on any atom is 2.00 e. The molecule has 1 radical (unpaired) electrons. The van der Waals surface area contributed by atoms with Gasteiger partial charge in [-0.25, -0.2) is 0 Å². The topological polar surface area (TPSA) is 102 Å². The Morgan fingerprint density at radius 3 is 2.60 bits per heavy atom. The second kappa shape index (κ2) is 8.19. The van der Waals surface area contributed by atoms with E-state index in [1.165, 1.54) is 6.21 Å². The Labute approximate surface area is 103 Å². The molecule has 0 spiro atoms. The van der Waals surface area contributed by atoms with Crippen molar-refractivity contribution in [3.8, 4) is 5.75 Å². The first-order valence-electron chi connectivity index (χ1n) is 3.56. The predicted molar refractivity (Wildman–Crippen MR) is 59.2 cm³/mol. The van der Waals surface area contributed by atoms with Gasteiger partial charge in [-0.2, -0.15) is 5.10 Å². The molecule has 7 heteroatoms. The molecule has 1 aromatic carbocycles. The maximum absolute atomic E-state index is 9.29. The van der Waals surface area contributed by atoms with Crippen LogP contribution in [-0.4, -0.2) is 21.9 Å². The van der Waals surface area contributed by atoms with Gasteiger partial charge in [0.2, 0.25) is 0 Å². The number of phenols is 1. The van der Waals surface area contributed by atoms with Gasteiger partial charge in [-0.15, -0.1) is 0 Å². The smallest absolute Gasteiger partial charge is 0.507 e. The quantitative estimate of drug-likeness (QED) is 0.299. The Balaban J connectivity index is 0. The zero-order valence-electron chi connectivity index (χ0n) is 7.57. The van der Waals surface area contributed by atoms with Crippen molar-refractivity contribution in [3.05, 3.63) is 29.8 Å². The summed E-state index contributed by atoms with van der Waals surface area (Å²) in [6.07, 6.45) is 1.44. The van der Waals surface area contributed by atoms with Gasteiger partial charge in [0.05, 0.1) is 6.21 Å². The molecular formula is C8H11CuN3O2S+2. The summed E-state index contributed by atoms with van der Waals surface area (Å²) in [5.41, 5.74) is 8.13. The minimum Gasteiger partial charge on any atom is -0.507 e. The molecule has 0 heterocycles. The standard InChI is InChI=1S/C8H9N3OS.Cu.H2O/c9-8(13)11-10-5-6-3-1-2-4-7(6)12;;/h1-5,12H,(H3,9,11,13);;1H2/q;+2;/b10-5+;;. The van der Waals surface area contributed by atoms with Gasteiger partial charge in [-0.1, -0.05) is 12.1 Å². The van der Waals surface area contributed by atoms with Gasteiger partial charge in [0, 0.05) is 5.56 Å². The van der Waals surface area contributed by atoms with Crippen molar-refractivity contribution < 1.29 is 27.7 Å². The number of para-hydroxylation sites is 1. The molecule has 15 heavy (non-hydrogen) atoms. The predicted octanol–water partition coefficient (Wildman–Crippen LogP) is -0.268. The molecule has 85 valence electrons. The van der Waals surface area contributed by atoms with Crippen LogP contribution in [0, 0.1) is 0 Å². The average Bonchev–Trinajstić information content (AvgIpc) is 2.08. The summed E-state index contributed by atoms with van der Waals surface area (Å²) < 4.78 is 0. The number of phenolic OH excluding ortho intramolecular Hbond substituents is 1. The van der Waals surface area contributed by atoms with Crippen LogP contribution in [0.5, 0.6) is 5.75 Å². The van der Waals surface area contributed by atoms with Gasteiger partial charge in [0.15, 0.2) is 5.11 Å². The second-order valence-electron chi connectivity index (χ2n) is 2.29.